The summed E-state index contributed by atoms with van der Waals surface area (Å²) in [6.07, 6.45) is 3.55. The van der Waals surface area contributed by atoms with Gasteiger partial charge in [-0.05, 0) is 42.0 Å². The molecule has 176 valence electrons. The van der Waals surface area contributed by atoms with Crippen molar-refractivity contribution in [2.75, 3.05) is 24.3 Å². The minimum atomic E-state index is -0.527. The number of nitro benzene ring substituents is 1. The van der Waals surface area contributed by atoms with Gasteiger partial charge in [-0.15, -0.1) is 0 Å². The van der Waals surface area contributed by atoms with E-state index in [-0.39, 0.29) is 22.4 Å². The second kappa shape index (κ2) is 10.0. The maximum Gasteiger partial charge on any atom is 0.293 e. The van der Waals surface area contributed by atoms with E-state index in [0.717, 1.165) is 5.56 Å². The van der Waals surface area contributed by atoms with E-state index >= 15 is 0 Å². The zero-order valence-electron chi connectivity index (χ0n) is 19.2. The van der Waals surface area contributed by atoms with Gasteiger partial charge in [0.2, 0.25) is 0 Å². The van der Waals surface area contributed by atoms with E-state index in [1.54, 1.807) is 54.1 Å². The minimum Gasteiger partial charge on any atom is -0.372 e. The number of aromatic nitrogens is 2. The predicted octanol–water partition coefficient (Wildman–Crippen LogP) is 4.39. The monoisotopic (exact) mass is 469 g/mol. The summed E-state index contributed by atoms with van der Waals surface area (Å²) in [5, 5.41) is 18.6. The Labute approximate surface area is 201 Å². The van der Waals surface area contributed by atoms with Crippen LogP contribution in [0.25, 0.3) is 0 Å². The first kappa shape index (κ1) is 23.4. The van der Waals surface area contributed by atoms with Crippen molar-refractivity contribution in [1.29, 1.82) is 0 Å². The molecule has 0 atom stereocenters. The fourth-order valence-corrected chi connectivity index (χ4v) is 3.75. The molecule has 0 radical (unpaired) electrons. The number of nitrogens with one attached hydrogen (secondary N) is 1. The molecule has 1 heterocycles. The highest BCUT2D eigenvalue weighted by Crippen LogP contribution is 2.29. The smallest absolute Gasteiger partial charge is 0.293 e. The van der Waals surface area contributed by atoms with Crippen molar-refractivity contribution in [3.63, 3.8) is 0 Å². The zero-order chi connectivity index (χ0) is 24.9. The van der Waals surface area contributed by atoms with Crippen LogP contribution < -0.4 is 10.2 Å². The van der Waals surface area contributed by atoms with Crippen LogP contribution in [-0.2, 0) is 6.54 Å². The molecular weight excluding hydrogens is 446 g/mol. The minimum absolute atomic E-state index is 0.128. The molecule has 0 spiro atoms. The van der Waals surface area contributed by atoms with Gasteiger partial charge in [-0.3, -0.25) is 24.4 Å². The van der Waals surface area contributed by atoms with Gasteiger partial charge >= 0.3 is 0 Å². The Bertz CT molecular complexity index is 1400. The molecule has 4 aromatic rings. The van der Waals surface area contributed by atoms with Crippen molar-refractivity contribution in [2.45, 2.75) is 6.54 Å². The highest BCUT2D eigenvalue weighted by atomic mass is 16.6. The normalized spacial score (nSPS) is 10.6. The Morgan fingerprint density at radius 1 is 1.00 bits per heavy atom. The van der Waals surface area contributed by atoms with Crippen LogP contribution >= 0.6 is 0 Å². The molecular formula is C26H23N5O4. The van der Waals surface area contributed by atoms with Gasteiger partial charge in [-0.25, -0.2) is 0 Å². The molecule has 4 rings (SSSR count). The predicted molar refractivity (Wildman–Crippen MR) is 133 cm³/mol. The number of amides is 1. The van der Waals surface area contributed by atoms with E-state index in [9.17, 15) is 19.7 Å². The van der Waals surface area contributed by atoms with E-state index in [1.807, 2.05) is 30.5 Å². The molecule has 0 aliphatic rings. The summed E-state index contributed by atoms with van der Waals surface area (Å²) in [6.45, 7) is 0.549. The van der Waals surface area contributed by atoms with E-state index in [1.165, 1.54) is 24.3 Å². The van der Waals surface area contributed by atoms with Crippen molar-refractivity contribution >= 4 is 28.8 Å². The van der Waals surface area contributed by atoms with Gasteiger partial charge in [0.25, 0.3) is 11.6 Å². The Morgan fingerprint density at radius 3 is 2.46 bits per heavy atom. The average molecular weight is 470 g/mol. The number of anilines is 2. The molecule has 0 unspecified atom stereocenters. The molecule has 0 saturated heterocycles. The lowest BCUT2D eigenvalue weighted by atomic mass is 9.97. The van der Waals surface area contributed by atoms with Gasteiger partial charge in [-0.2, -0.15) is 5.10 Å². The van der Waals surface area contributed by atoms with Crippen molar-refractivity contribution in [3.05, 3.63) is 118 Å². The number of nitro groups is 1. The SMILES string of the molecule is CN(C)c1ccc(C(=O)c2ccccc2C(=O)Nc2cccc(Cn3cccn3)c2)cc1[N+](=O)[O-]. The van der Waals surface area contributed by atoms with Crippen LogP contribution in [0.4, 0.5) is 17.1 Å². The van der Waals surface area contributed by atoms with Crippen LogP contribution in [0, 0.1) is 10.1 Å². The standard InChI is InChI=1S/C26H23N5O4/c1-29(2)23-12-11-19(16-24(23)31(34)35)25(32)21-9-3-4-10-22(21)26(33)28-20-8-5-7-18(15-20)17-30-14-6-13-27-30/h3-16H,17H2,1-2H3,(H,28,33). The van der Waals surface area contributed by atoms with Crippen LogP contribution in [-0.4, -0.2) is 40.5 Å². The maximum atomic E-state index is 13.3. The largest absolute Gasteiger partial charge is 0.372 e. The first-order valence-electron chi connectivity index (χ1n) is 10.8. The topological polar surface area (TPSA) is 110 Å². The van der Waals surface area contributed by atoms with Crippen LogP contribution in [0.5, 0.6) is 0 Å². The van der Waals surface area contributed by atoms with Gasteiger partial charge in [0, 0.05) is 49.4 Å². The number of hydrogen-bond donors (Lipinski definition) is 1. The van der Waals surface area contributed by atoms with Gasteiger partial charge < -0.3 is 10.2 Å². The zero-order valence-corrected chi connectivity index (χ0v) is 19.2. The molecule has 9 nitrogen and oxygen atoms in total. The Balaban J connectivity index is 1.60. The number of ketones is 1. The summed E-state index contributed by atoms with van der Waals surface area (Å²) in [6, 6.07) is 19.9. The summed E-state index contributed by atoms with van der Waals surface area (Å²) in [4.78, 5) is 39.0. The van der Waals surface area contributed by atoms with Crippen molar-refractivity contribution in [2.24, 2.45) is 0 Å². The lowest BCUT2D eigenvalue weighted by Gasteiger charge is -2.14. The van der Waals surface area contributed by atoms with Crippen molar-refractivity contribution in [3.8, 4) is 0 Å². The van der Waals surface area contributed by atoms with Crippen molar-refractivity contribution < 1.29 is 14.5 Å². The third-order valence-electron chi connectivity index (χ3n) is 5.42. The van der Waals surface area contributed by atoms with Crippen LogP contribution in [0.1, 0.15) is 31.8 Å². The molecule has 0 aliphatic heterocycles. The van der Waals surface area contributed by atoms with Crippen molar-refractivity contribution in [1.82, 2.24) is 9.78 Å². The summed E-state index contributed by atoms with van der Waals surface area (Å²) in [5.41, 5.74) is 2.18. The highest BCUT2D eigenvalue weighted by molar-refractivity contribution is 6.18. The summed E-state index contributed by atoms with van der Waals surface area (Å²) in [7, 11) is 3.38. The number of rotatable bonds is 8. The van der Waals surface area contributed by atoms with E-state index in [2.05, 4.69) is 10.4 Å². The second-order valence-electron chi connectivity index (χ2n) is 8.09. The van der Waals surface area contributed by atoms with Crippen LogP contribution in [0.15, 0.2) is 85.2 Å². The lowest BCUT2D eigenvalue weighted by molar-refractivity contribution is -0.384. The Kier molecular flexibility index (Phi) is 6.68. The van der Waals surface area contributed by atoms with E-state index in [0.29, 0.717) is 17.9 Å². The Morgan fingerprint density at radius 2 is 1.77 bits per heavy atom. The molecule has 3 aromatic carbocycles. The summed E-state index contributed by atoms with van der Waals surface area (Å²) < 4.78 is 1.77. The van der Waals surface area contributed by atoms with E-state index < -0.39 is 16.6 Å². The van der Waals surface area contributed by atoms with Gasteiger partial charge in [0.15, 0.2) is 5.78 Å². The van der Waals surface area contributed by atoms with Gasteiger partial charge in [0.05, 0.1) is 17.0 Å². The van der Waals surface area contributed by atoms with Gasteiger partial charge in [0.1, 0.15) is 5.69 Å². The molecule has 1 aromatic heterocycles. The summed E-state index contributed by atoms with van der Waals surface area (Å²) >= 11 is 0. The summed E-state index contributed by atoms with van der Waals surface area (Å²) in [5.74, 6) is -0.929. The third kappa shape index (κ3) is 5.25. The average Bonchev–Trinajstić information content (AvgIpc) is 3.36. The van der Waals surface area contributed by atoms with Gasteiger partial charge in [-0.1, -0.05) is 30.3 Å². The number of carbonyl (C=O) groups is 2. The molecule has 0 bridgehead atoms. The number of nitrogens with zero attached hydrogens (tertiary/aromatic N) is 4. The lowest BCUT2D eigenvalue weighted by Crippen LogP contribution is -2.17. The Hall–Kier alpha value is -4.79. The fraction of sp³-hybridized carbons (Fsp3) is 0.115. The molecule has 0 fully saturated rings. The van der Waals surface area contributed by atoms with Crippen LogP contribution in [0.3, 0.4) is 0 Å². The molecule has 1 N–H and O–H groups in total. The molecule has 1 amide bonds. The van der Waals surface area contributed by atoms with E-state index in [4.69, 9.17) is 0 Å². The first-order chi connectivity index (χ1) is 16.8. The maximum absolute atomic E-state index is 13.3. The number of hydrogen-bond acceptors (Lipinski definition) is 6. The first-order valence-corrected chi connectivity index (χ1v) is 10.8. The molecule has 0 saturated carbocycles. The number of benzene rings is 3. The number of carbonyl (C=O) groups excluding carboxylic acids is 2. The molecule has 35 heavy (non-hydrogen) atoms. The molecule has 9 heteroatoms. The third-order valence-corrected chi connectivity index (χ3v) is 5.42. The highest BCUT2D eigenvalue weighted by Gasteiger charge is 2.22. The second-order valence-corrected chi connectivity index (χ2v) is 8.09. The quantitative estimate of drug-likeness (QED) is 0.233. The fourth-order valence-electron chi connectivity index (χ4n) is 3.75. The molecule has 0 aliphatic carbocycles. The van der Waals surface area contributed by atoms with Crippen LogP contribution in [0.2, 0.25) is 0 Å².